The molecule has 1 aliphatic rings. The van der Waals surface area contributed by atoms with Gasteiger partial charge in [0, 0.05) is 36.6 Å². The van der Waals surface area contributed by atoms with Gasteiger partial charge in [0.15, 0.2) is 5.13 Å². The monoisotopic (exact) mass is 480 g/mol. The molecule has 0 radical (unpaired) electrons. The SMILES string of the molecule is COc1cc(C)c(Sc2cnc(N)s2)cc1C(O)N1CCCN(C(=O)OC(C)(C)C)CC1. The van der Waals surface area contributed by atoms with Gasteiger partial charge in [-0.15, -0.1) is 0 Å². The number of benzene rings is 1. The van der Waals surface area contributed by atoms with Gasteiger partial charge >= 0.3 is 6.09 Å². The molecule has 0 saturated carbocycles. The van der Waals surface area contributed by atoms with Crippen molar-refractivity contribution in [2.75, 3.05) is 39.0 Å². The molecule has 0 aliphatic carbocycles. The fraction of sp³-hybridized carbons (Fsp3) is 0.545. The van der Waals surface area contributed by atoms with E-state index in [9.17, 15) is 9.90 Å². The van der Waals surface area contributed by atoms with Gasteiger partial charge in [-0.05, 0) is 51.8 Å². The summed E-state index contributed by atoms with van der Waals surface area (Å²) in [6.45, 7) is 9.86. The normalized spacial score (nSPS) is 16.5. The smallest absolute Gasteiger partial charge is 0.410 e. The molecule has 8 nitrogen and oxygen atoms in total. The summed E-state index contributed by atoms with van der Waals surface area (Å²) in [6.07, 6.45) is 1.33. The van der Waals surface area contributed by atoms with Crippen LogP contribution in [-0.4, -0.2) is 64.9 Å². The molecule has 1 aromatic heterocycles. The number of carbonyl (C=O) groups is 1. The van der Waals surface area contributed by atoms with Crippen LogP contribution in [0.3, 0.4) is 0 Å². The van der Waals surface area contributed by atoms with Crippen LogP contribution < -0.4 is 10.5 Å². The molecule has 1 atom stereocenters. The number of nitrogens with two attached hydrogens (primary N) is 1. The lowest BCUT2D eigenvalue weighted by molar-refractivity contribution is -0.000119. The second-order valence-corrected chi connectivity index (χ2v) is 11.1. The van der Waals surface area contributed by atoms with Crippen molar-refractivity contribution in [1.82, 2.24) is 14.8 Å². The van der Waals surface area contributed by atoms with Crippen molar-refractivity contribution < 1.29 is 19.4 Å². The second kappa shape index (κ2) is 10.3. The van der Waals surface area contributed by atoms with Crippen LogP contribution in [0.15, 0.2) is 27.4 Å². The van der Waals surface area contributed by atoms with E-state index < -0.39 is 11.8 Å². The Labute approximate surface area is 197 Å². The lowest BCUT2D eigenvalue weighted by atomic mass is 10.1. The topological polar surface area (TPSA) is 101 Å². The quantitative estimate of drug-likeness (QED) is 0.659. The third kappa shape index (κ3) is 6.28. The number of methoxy groups -OCH3 is 1. The maximum Gasteiger partial charge on any atom is 0.410 e. The van der Waals surface area contributed by atoms with E-state index in [-0.39, 0.29) is 6.09 Å². The zero-order valence-electron chi connectivity index (χ0n) is 19.3. The standard InChI is InChI=1S/C22H32N4O4S2/c1-14-11-16(29-5)15(12-17(14)31-18-13-24-20(23)32-18)19(27)25-7-6-8-26(10-9-25)21(28)30-22(2,3)4/h11-13,19,27H,6-10H2,1-5H3,(H2,23,24). The molecule has 32 heavy (non-hydrogen) atoms. The molecule has 2 aromatic rings. The van der Waals surface area contributed by atoms with Gasteiger partial charge in [-0.25, -0.2) is 9.78 Å². The summed E-state index contributed by atoms with van der Waals surface area (Å²) in [5.41, 5.74) is 6.97. The number of aliphatic hydroxyl groups is 1. The van der Waals surface area contributed by atoms with E-state index in [2.05, 4.69) is 4.98 Å². The molecule has 2 heterocycles. The summed E-state index contributed by atoms with van der Waals surface area (Å²) in [6, 6.07) is 3.91. The molecule has 10 heteroatoms. The molecule has 3 N–H and O–H groups in total. The number of hydrogen-bond acceptors (Lipinski definition) is 9. The number of hydrogen-bond donors (Lipinski definition) is 2. The van der Waals surface area contributed by atoms with E-state index in [1.54, 1.807) is 30.0 Å². The summed E-state index contributed by atoms with van der Waals surface area (Å²) < 4.78 is 12.1. The van der Waals surface area contributed by atoms with E-state index >= 15 is 0 Å². The van der Waals surface area contributed by atoms with Crippen LogP contribution in [0.5, 0.6) is 5.75 Å². The molecule has 1 aromatic carbocycles. The molecule has 1 unspecified atom stereocenters. The Bertz CT molecular complexity index is 944. The Balaban J connectivity index is 1.76. The van der Waals surface area contributed by atoms with Crippen molar-refractivity contribution in [3.63, 3.8) is 0 Å². The highest BCUT2D eigenvalue weighted by molar-refractivity contribution is 8.01. The highest BCUT2D eigenvalue weighted by Crippen LogP contribution is 2.39. The van der Waals surface area contributed by atoms with Gasteiger partial charge in [0.25, 0.3) is 0 Å². The number of ether oxygens (including phenoxy) is 2. The second-order valence-electron chi connectivity index (χ2n) is 8.71. The van der Waals surface area contributed by atoms with E-state index in [0.717, 1.165) is 21.1 Å². The van der Waals surface area contributed by atoms with Crippen molar-refractivity contribution in [3.05, 3.63) is 29.5 Å². The number of nitrogens with zero attached hydrogens (tertiary/aromatic N) is 3. The average molecular weight is 481 g/mol. The van der Waals surface area contributed by atoms with Gasteiger partial charge in [0.1, 0.15) is 17.6 Å². The Morgan fingerprint density at radius 2 is 2.03 bits per heavy atom. The molecule has 1 saturated heterocycles. The van der Waals surface area contributed by atoms with Crippen LogP contribution in [0.25, 0.3) is 0 Å². The minimum absolute atomic E-state index is 0.315. The number of aliphatic hydroxyl groups excluding tert-OH is 1. The zero-order valence-corrected chi connectivity index (χ0v) is 20.9. The highest BCUT2D eigenvalue weighted by atomic mass is 32.2. The Morgan fingerprint density at radius 1 is 1.28 bits per heavy atom. The molecular weight excluding hydrogens is 448 g/mol. The third-order valence-electron chi connectivity index (χ3n) is 5.05. The van der Waals surface area contributed by atoms with Crippen molar-refractivity contribution in [2.45, 2.75) is 55.0 Å². The van der Waals surface area contributed by atoms with Gasteiger partial charge in [-0.2, -0.15) is 0 Å². The van der Waals surface area contributed by atoms with E-state index in [1.807, 2.05) is 44.7 Å². The minimum Gasteiger partial charge on any atom is -0.496 e. The number of carbonyl (C=O) groups excluding carboxylic acids is 1. The summed E-state index contributed by atoms with van der Waals surface area (Å²) in [4.78, 5) is 21.3. The first kappa shape index (κ1) is 24.6. The number of nitrogen functional groups attached to an aromatic ring is 1. The molecular formula is C22H32N4O4S2. The fourth-order valence-corrected chi connectivity index (χ4v) is 5.32. The third-order valence-corrected chi connectivity index (χ3v) is 7.13. The van der Waals surface area contributed by atoms with Crippen molar-refractivity contribution in [1.29, 1.82) is 0 Å². The summed E-state index contributed by atoms with van der Waals surface area (Å²) in [7, 11) is 1.61. The van der Waals surface area contributed by atoms with Crippen LogP contribution in [0.1, 0.15) is 44.5 Å². The van der Waals surface area contributed by atoms with Crippen molar-refractivity contribution in [3.8, 4) is 5.75 Å². The molecule has 1 fully saturated rings. The number of aromatic nitrogens is 1. The summed E-state index contributed by atoms with van der Waals surface area (Å²) >= 11 is 3.00. The molecule has 0 bridgehead atoms. The summed E-state index contributed by atoms with van der Waals surface area (Å²) in [5, 5.41) is 11.8. The molecule has 176 valence electrons. The predicted octanol–water partition coefficient (Wildman–Crippen LogP) is 4.13. The van der Waals surface area contributed by atoms with Crippen LogP contribution in [0, 0.1) is 6.92 Å². The van der Waals surface area contributed by atoms with Gasteiger partial charge < -0.3 is 25.2 Å². The van der Waals surface area contributed by atoms with Crippen LogP contribution in [0.4, 0.5) is 9.93 Å². The van der Waals surface area contributed by atoms with Crippen molar-refractivity contribution >= 4 is 34.3 Å². The average Bonchev–Trinajstić information content (AvgIpc) is 2.97. The Morgan fingerprint density at radius 3 is 2.66 bits per heavy atom. The van der Waals surface area contributed by atoms with Gasteiger partial charge in [-0.3, -0.25) is 4.90 Å². The number of rotatable bonds is 5. The van der Waals surface area contributed by atoms with Crippen molar-refractivity contribution in [2.24, 2.45) is 0 Å². The van der Waals surface area contributed by atoms with Gasteiger partial charge in [0.05, 0.1) is 17.5 Å². The van der Waals surface area contributed by atoms with E-state index in [0.29, 0.717) is 42.6 Å². The van der Waals surface area contributed by atoms with Gasteiger partial charge in [0.2, 0.25) is 0 Å². The van der Waals surface area contributed by atoms with Crippen LogP contribution in [-0.2, 0) is 4.74 Å². The molecule has 3 rings (SSSR count). The number of amides is 1. The van der Waals surface area contributed by atoms with Crippen LogP contribution >= 0.6 is 23.1 Å². The van der Waals surface area contributed by atoms with Gasteiger partial charge in [-0.1, -0.05) is 23.1 Å². The number of thiazole rings is 1. The first-order valence-electron chi connectivity index (χ1n) is 10.5. The predicted molar refractivity (Wildman–Crippen MR) is 127 cm³/mol. The Kier molecular flexibility index (Phi) is 7.92. The molecule has 1 aliphatic heterocycles. The fourth-order valence-electron chi connectivity index (χ4n) is 3.48. The number of anilines is 1. The summed E-state index contributed by atoms with van der Waals surface area (Å²) in [5.74, 6) is 0.636. The first-order chi connectivity index (χ1) is 15.1. The highest BCUT2D eigenvalue weighted by Gasteiger charge is 2.28. The van der Waals surface area contributed by atoms with E-state index in [1.165, 1.54) is 11.3 Å². The lowest BCUT2D eigenvalue weighted by Crippen LogP contribution is -2.39. The first-order valence-corrected chi connectivity index (χ1v) is 12.2. The lowest BCUT2D eigenvalue weighted by Gasteiger charge is -2.29. The zero-order chi connectivity index (χ0) is 23.5. The maximum absolute atomic E-state index is 12.5. The Hall–Kier alpha value is -2.01. The number of aryl methyl sites for hydroxylation is 1. The maximum atomic E-state index is 12.5. The largest absolute Gasteiger partial charge is 0.496 e. The minimum atomic E-state index is -0.852. The molecule has 0 spiro atoms. The van der Waals surface area contributed by atoms with E-state index in [4.69, 9.17) is 15.2 Å². The molecule has 1 amide bonds. The van der Waals surface area contributed by atoms with Crippen LogP contribution in [0.2, 0.25) is 0 Å².